The van der Waals surface area contributed by atoms with Crippen LogP contribution >= 0.6 is 0 Å². The van der Waals surface area contributed by atoms with E-state index in [1.807, 2.05) is 36.5 Å². The van der Waals surface area contributed by atoms with Crippen LogP contribution in [0.25, 0.3) is 5.69 Å². The standard InChI is InChI=1S/C16H20N4O2/c17-15-11-19(10-13(15)6-9-21)16(22)12-2-4-14(5-3-12)20-8-1-7-18-20/h1-5,7-8,13,15,21H,6,9-11,17H2. The Morgan fingerprint density at radius 3 is 2.73 bits per heavy atom. The van der Waals surface area contributed by atoms with Gasteiger partial charge in [-0.1, -0.05) is 0 Å². The number of benzene rings is 1. The molecule has 1 aliphatic heterocycles. The molecule has 2 atom stereocenters. The molecule has 2 unspecified atom stereocenters. The van der Waals surface area contributed by atoms with E-state index in [1.165, 1.54) is 0 Å². The molecular formula is C16H20N4O2. The Kier molecular flexibility index (Phi) is 4.22. The topological polar surface area (TPSA) is 84.4 Å². The summed E-state index contributed by atoms with van der Waals surface area (Å²) in [6.07, 6.45) is 4.21. The Bertz CT molecular complexity index is 624. The third kappa shape index (κ3) is 2.88. The fourth-order valence-corrected chi connectivity index (χ4v) is 2.89. The first-order valence-corrected chi connectivity index (χ1v) is 7.45. The lowest BCUT2D eigenvalue weighted by atomic mass is 10.0. The Morgan fingerprint density at radius 1 is 1.32 bits per heavy atom. The normalized spacial score (nSPS) is 21.3. The van der Waals surface area contributed by atoms with Gasteiger partial charge < -0.3 is 15.7 Å². The van der Waals surface area contributed by atoms with Crippen LogP contribution in [0.1, 0.15) is 16.8 Å². The van der Waals surface area contributed by atoms with Gasteiger partial charge in [0.05, 0.1) is 5.69 Å². The van der Waals surface area contributed by atoms with Gasteiger partial charge in [0, 0.05) is 43.7 Å². The summed E-state index contributed by atoms with van der Waals surface area (Å²) in [5, 5.41) is 13.2. The predicted molar refractivity (Wildman–Crippen MR) is 82.6 cm³/mol. The minimum Gasteiger partial charge on any atom is -0.396 e. The van der Waals surface area contributed by atoms with Gasteiger partial charge in [-0.25, -0.2) is 4.68 Å². The number of likely N-dealkylation sites (tertiary alicyclic amines) is 1. The van der Waals surface area contributed by atoms with Crippen molar-refractivity contribution < 1.29 is 9.90 Å². The van der Waals surface area contributed by atoms with Crippen LogP contribution in [-0.4, -0.2) is 51.4 Å². The lowest BCUT2D eigenvalue weighted by Gasteiger charge is -2.16. The van der Waals surface area contributed by atoms with Gasteiger partial charge in [-0.05, 0) is 42.7 Å². The molecule has 0 spiro atoms. The first-order chi connectivity index (χ1) is 10.7. The molecule has 1 saturated heterocycles. The third-order valence-corrected chi connectivity index (χ3v) is 4.16. The minimum atomic E-state index is -0.0561. The van der Waals surface area contributed by atoms with Gasteiger partial charge >= 0.3 is 0 Å². The number of aromatic nitrogens is 2. The highest BCUT2D eigenvalue weighted by Gasteiger charge is 2.32. The summed E-state index contributed by atoms with van der Waals surface area (Å²) in [7, 11) is 0. The lowest BCUT2D eigenvalue weighted by molar-refractivity contribution is 0.0784. The molecule has 3 rings (SSSR count). The first-order valence-electron chi connectivity index (χ1n) is 7.45. The minimum absolute atomic E-state index is 0.0112. The monoisotopic (exact) mass is 300 g/mol. The number of aliphatic hydroxyl groups is 1. The molecule has 0 aliphatic carbocycles. The van der Waals surface area contributed by atoms with E-state index in [0.29, 0.717) is 25.1 Å². The van der Waals surface area contributed by atoms with E-state index < -0.39 is 0 Å². The van der Waals surface area contributed by atoms with Crippen LogP contribution in [-0.2, 0) is 0 Å². The highest BCUT2D eigenvalue weighted by Crippen LogP contribution is 2.21. The fourth-order valence-electron chi connectivity index (χ4n) is 2.89. The van der Waals surface area contributed by atoms with Crippen LogP contribution in [0.3, 0.4) is 0 Å². The zero-order valence-electron chi connectivity index (χ0n) is 12.3. The molecule has 1 aromatic carbocycles. The maximum Gasteiger partial charge on any atom is 0.253 e. The van der Waals surface area contributed by atoms with E-state index in [4.69, 9.17) is 10.8 Å². The van der Waals surface area contributed by atoms with Crippen LogP contribution in [0.4, 0.5) is 0 Å². The summed E-state index contributed by atoms with van der Waals surface area (Å²) in [6, 6.07) is 9.17. The second-order valence-corrected chi connectivity index (χ2v) is 5.64. The number of carbonyl (C=O) groups is 1. The average Bonchev–Trinajstić information content (AvgIpc) is 3.18. The molecule has 0 saturated carbocycles. The molecule has 6 nitrogen and oxygen atoms in total. The van der Waals surface area contributed by atoms with E-state index in [2.05, 4.69) is 5.10 Å². The second kappa shape index (κ2) is 6.29. The van der Waals surface area contributed by atoms with Crippen molar-refractivity contribution in [2.45, 2.75) is 12.5 Å². The van der Waals surface area contributed by atoms with Crippen molar-refractivity contribution in [3.8, 4) is 5.69 Å². The van der Waals surface area contributed by atoms with Crippen LogP contribution in [0.15, 0.2) is 42.7 Å². The van der Waals surface area contributed by atoms with E-state index >= 15 is 0 Å². The molecule has 1 aliphatic rings. The van der Waals surface area contributed by atoms with E-state index in [1.54, 1.807) is 15.8 Å². The highest BCUT2D eigenvalue weighted by molar-refractivity contribution is 5.94. The number of carbonyl (C=O) groups excluding carboxylic acids is 1. The van der Waals surface area contributed by atoms with Crippen molar-refractivity contribution in [3.63, 3.8) is 0 Å². The first kappa shape index (κ1) is 14.7. The molecule has 1 aromatic heterocycles. The molecule has 3 N–H and O–H groups in total. The quantitative estimate of drug-likeness (QED) is 0.868. The van der Waals surface area contributed by atoms with Crippen LogP contribution in [0.5, 0.6) is 0 Å². The fraction of sp³-hybridized carbons (Fsp3) is 0.375. The Morgan fingerprint density at radius 2 is 2.09 bits per heavy atom. The Labute approximate surface area is 129 Å². The summed E-state index contributed by atoms with van der Waals surface area (Å²) in [6.45, 7) is 1.27. The van der Waals surface area contributed by atoms with Crippen LogP contribution in [0, 0.1) is 5.92 Å². The van der Waals surface area contributed by atoms with Gasteiger partial charge in [-0.2, -0.15) is 5.10 Å². The SMILES string of the molecule is NC1CN(C(=O)c2ccc(-n3cccn3)cc2)CC1CCO. The average molecular weight is 300 g/mol. The largest absolute Gasteiger partial charge is 0.396 e. The maximum absolute atomic E-state index is 12.5. The van der Waals surface area contributed by atoms with E-state index in [0.717, 1.165) is 5.69 Å². The summed E-state index contributed by atoms with van der Waals surface area (Å²) in [5.41, 5.74) is 7.60. The van der Waals surface area contributed by atoms with E-state index in [9.17, 15) is 4.79 Å². The van der Waals surface area contributed by atoms with Crippen molar-refractivity contribution in [2.75, 3.05) is 19.7 Å². The van der Waals surface area contributed by atoms with Crippen molar-refractivity contribution in [1.29, 1.82) is 0 Å². The number of aliphatic hydroxyl groups excluding tert-OH is 1. The lowest BCUT2D eigenvalue weighted by Crippen LogP contribution is -2.32. The molecule has 22 heavy (non-hydrogen) atoms. The number of nitrogens with zero attached hydrogens (tertiary/aromatic N) is 3. The van der Waals surface area contributed by atoms with Gasteiger partial charge in [-0.3, -0.25) is 4.79 Å². The van der Waals surface area contributed by atoms with Crippen molar-refractivity contribution in [3.05, 3.63) is 48.3 Å². The molecule has 1 fully saturated rings. The number of hydrogen-bond donors (Lipinski definition) is 2. The molecule has 0 bridgehead atoms. The number of rotatable bonds is 4. The van der Waals surface area contributed by atoms with Gasteiger partial charge in [0.25, 0.3) is 5.91 Å². The molecule has 2 heterocycles. The predicted octanol–water partition coefficient (Wildman–Crippen LogP) is 0.654. The zero-order valence-corrected chi connectivity index (χ0v) is 12.3. The van der Waals surface area contributed by atoms with Crippen LogP contribution < -0.4 is 5.73 Å². The van der Waals surface area contributed by atoms with Gasteiger partial charge in [0.15, 0.2) is 0 Å². The summed E-state index contributed by atoms with van der Waals surface area (Å²) in [5.74, 6) is 0.167. The second-order valence-electron chi connectivity index (χ2n) is 5.64. The van der Waals surface area contributed by atoms with Gasteiger partial charge in [-0.15, -0.1) is 0 Å². The Hall–Kier alpha value is -2.18. The van der Waals surface area contributed by atoms with E-state index in [-0.39, 0.29) is 24.5 Å². The third-order valence-electron chi connectivity index (χ3n) is 4.16. The molecule has 6 heteroatoms. The molecule has 2 aromatic rings. The summed E-state index contributed by atoms with van der Waals surface area (Å²) in [4.78, 5) is 14.3. The van der Waals surface area contributed by atoms with Crippen molar-refractivity contribution >= 4 is 5.91 Å². The summed E-state index contributed by atoms with van der Waals surface area (Å²) >= 11 is 0. The van der Waals surface area contributed by atoms with Crippen LogP contribution in [0.2, 0.25) is 0 Å². The maximum atomic E-state index is 12.5. The van der Waals surface area contributed by atoms with Crippen molar-refractivity contribution in [2.24, 2.45) is 11.7 Å². The smallest absolute Gasteiger partial charge is 0.253 e. The molecule has 1 amide bonds. The summed E-state index contributed by atoms with van der Waals surface area (Å²) < 4.78 is 1.75. The zero-order chi connectivity index (χ0) is 15.5. The highest BCUT2D eigenvalue weighted by atomic mass is 16.3. The molecule has 116 valence electrons. The van der Waals surface area contributed by atoms with Crippen molar-refractivity contribution in [1.82, 2.24) is 14.7 Å². The number of amides is 1. The van der Waals surface area contributed by atoms with Gasteiger partial charge in [0.2, 0.25) is 0 Å². The van der Waals surface area contributed by atoms with Gasteiger partial charge in [0.1, 0.15) is 0 Å². The molecule has 0 radical (unpaired) electrons. The number of nitrogens with two attached hydrogens (primary N) is 1. The molecular weight excluding hydrogens is 280 g/mol. The Balaban J connectivity index is 1.70. The number of hydrogen-bond acceptors (Lipinski definition) is 4.